The Bertz CT molecular complexity index is 333. The molecule has 0 aromatic heterocycles. The number of nitrogens with two attached hydrogens (primary N) is 1. The number of amides is 2. The second-order valence-corrected chi connectivity index (χ2v) is 5.72. The lowest BCUT2D eigenvalue weighted by Crippen LogP contribution is -2.56. The number of hydrogen-bond donors (Lipinski definition) is 2. The largest absolute Gasteiger partial charge is 0.352 e. The molecule has 0 spiro atoms. The average Bonchev–Trinajstić information content (AvgIpc) is 3.12. The van der Waals surface area contributed by atoms with Crippen LogP contribution < -0.4 is 11.1 Å². The molecule has 0 unspecified atom stereocenters. The zero-order valence-electron chi connectivity index (χ0n) is 11.1. The summed E-state index contributed by atoms with van der Waals surface area (Å²) in [6.07, 6.45) is 6.75. The highest BCUT2D eigenvalue weighted by molar-refractivity contribution is 5.90. The van der Waals surface area contributed by atoms with Gasteiger partial charge in [0.25, 0.3) is 0 Å². The summed E-state index contributed by atoms with van der Waals surface area (Å²) < 4.78 is 0. The molecule has 0 saturated heterocycles. The first-order valence-electron chi connectivity index (χ1n) is 6.85. The van der Waals surface area contributed by atoms with E-state index in [1.165, 1.54) is 4.90 Å². The summed E-state index contributed by atoms with van der Waals surface area (Å²) in [6.45, 7) is 0.119. The summed E-state index contributed by atoms with van der Waals surface area (Å²) in [6, 6.07) is 0.336. The minimum Gasteiger partial charge on any atom is -0.352 e. The standard InChI is InChI=1S/C13H23N3O2/c1-16(9-11(17)15-10-5-6-10)12(18)13(14)7-3-2-4-8-13/h10H,2-9,14H2,1H3,(H,15,17). The third-order valence-electron chi connectivity index (χ3n) is 3.84. The van der Waals surface area contributed by atoms with E-state index in [1.54, 1.807) is 7.05 Å². The quantitative estimate of drug-likeness (QED) is 0.761. The molecule has 0 aromatic rings. The van der Waals surface area contributed by atoms with E-state index in [4.69, 9.17) is 5.73 Å². The van der Waals surface area contributed by atoms with Gasteiger partial charge in [-0.15, -0.1) is 0 Å². The second-order valence-electron chi connectivity index (χ2n) is 5.72. The monoisotopic (exact) mass is 253 g/mol. The maximum absolute atomic E-state index is 12.3. The van der Waals surface area contributed by atoms with Crippen LogP contribution in [0.1, 0.15) is 44.9 Å². The van der Waals surface area contributed by atoms with Gasteiger partial charge in [-0.25, -0.2) is 0 Å². The van der Waals surface area contributed by atoms with Gasteiger partial charge in [0.1, 0.15) is 0 Å². The van der Waals surface area contributed by atoms with Gasteiger partial charge in [0.2, 0.25) is 11.8 Å². The molecule has 0 bridgehead atoms. The van der Waals surface area contributed by atoms with Gasteiger partial charge in [-0.05, 0) is 25.7 Å². The Morgan fingerprint density at radius 1 is 1.28 bits per heavy atom. The van der Waals surface area contributed by atoms with Crippen molar-refractivity contribution < 1.29 is 9.59 Å². The van der Waals surface area contributed by atoms with Crippen molar-refractivity contribution in [2.45, 2.75) is 56.5 Å². The van der Waals surface area contributed by atoms with E-state index in [-0.39, 0.29) is 18.4 Å². The van der Waals surface area contributed by atoms with Crippen molar-refractivity contribution in [1.29, 1.82) is 0 Å². The number of likely N-dealkylation sites (N-methyl/N-ethyl adjacent to an activating group) is 1. The molecule has 2 saturated carbocycles. The molecular weight excluding hydrogens is 230 g/mol. The lowest BCUT2D eigenvalue weighted by molar-refractivity contribution is -0.140. The Morgan fingerprint density at radius 2 is 1.89 bits per heavy atom. The summed E-state index contributed by atoms with van der Waals surface area (Å²) in [7, 11) is 1.66. The highest BCUT2D eigenvalue weighted by atomic mass is 16.2. The van der Waals surface area contributed by atoms with Crippen LogP contribution >= 0.6 is 0 Å². The zero-order valence-corrected chi connectivity index (χ0v) is 11.1. The molecule has 3 N–H and O–H groups in total. The minimum absolute atomic E-state index is 0.0761. The Hall–Kier alpha value is -1.10. The number of carbonyl (C=O) groups excluding carboxylic acids is 2. The van der Waals surface area contributed by atoms with Crippen LogP contribution in [0.15, 0.2) is 0 Å². The van der Waals surface area contributed by atoms with Crippen molar-refractivity contribution in [3.05, 3.63) is 0 Å². The van der Waals surface area contributed by atoms with Gasteiger partial charge in [0, 0.05) is 13.1 Å². The lowest BCUT2D eigenvalue weighted by Gasteiger charge is -2.35. The summed E-state index contributed by atoms with van der Waals surface area (Å²) in [5.74, 6) is -0.166. The fraction of sp³-hybridized carbons (Fsp3) is 0.846. The number of nitrogens with one attached hydrogen (secondary N) is 1. The third kappa shape index (κ3) is 3.22. The molecule has 2 rings (SSSR count). The van der Waals surface area contributed by atoms with Crippen LogP contribution in [-0.2, 0) is 9.59 Å². The molecule has 2 amide bonds. The first-order valence-corrected chi connectivity index (χ1v) is 6.85. The molecule has 5 nitrogen and oxygen atoms in total. The molecule has 2 aliphatic carbocycles. The SMILES string of the molecule is CN(CC(=O)NC1CC1)C(=O)C1(N)CCCCC1. The predicted molar refractivity (Wildman–Crippen MR) is 68.8 cm³/mol. The Kier molecular flexibility index (Phi) is 3.90. The van der Waals surface area contributed by atoms with Crippen molar-refractivity contribution in [3.63, 3.8) is 0 Å². The van der Waals surface area contributed by atoms with Gasteiger partial charge >= 0.3 is 0 Å². The van der Waals surface area contributed by atoms with E-state index in [1.807, 2.05) is 0 Å². The van der Waals surface area contributed by atoms with Gasteiger partial charge in [0.05, 0.1) is 12.1 Å². The summed E-state index contributed by atoms with van der Waals surface area (Å²) in [4.78, 5) is 25.4. The van der Waals surface area contributed by atoms with Gasteiger partial charge in [-0.3, -0.25) is 9.59 Å². The third-order valence-corrected chi connectivity index (χ3v) is 3.84. The Balaban J connectivity index is 1.84. The van der Waals surface area contributed by atoms with Crippen molar-refractivity contribution >= 4 is 11.8 Å². The molecule has 0 aromatic carbocycles. The number of rotatable bonds is 4. The van der Waals surface area contributed by atoms with Crippen molar-refractivity contribution in [2.24, 2.45) is 5.73 Å². The summed E-state index contributed by atoms with van der Waals surface area (Å²) in [5.41, 5.74) is 5.43. The topological polar surface area (TPSA) is 75.4 Å². The second kappa shape index (κ2) is 5.26. The highest BCUT2D eigenvalue weighted by Crippen LogP contribution is 2.27. The molecule has 5 heteroatoms. The first-order chi connectivity index (χ1) is 8.51. The van der Waals surface area contributed by atoms with Crippen LogP contribution in [0, 0.1) is 0 Å². The molecule has 2 fully saturated rings. The minimum atomic E-state index is -0.743. The van der Waals surface area contributed by atoms with Gasteiger partial charge < -0.3 is 16.0 Å². The van der Waals surface area contributed by atoms with E-state index < -0.39 is 5.54 Å². The smallest absolute Gasteiger partial charge is 0.242 e. The molecule has 18 heavy (non-hydrogen) atoms. The van der Waals surface area contributed by atoms with Crippen molar-refractivity contribution in [1.82, 2.24) is 10.2 Å². The van der Waals surface area contributed by atoms with E-state index in [0.29, 0.717) is 6.04 Å². The molecule has 0 radical (unpaired) electrons. The van der Waals surface area contributed by atoms with E-state index in [0.717, 1.165) is 44.9 Å². The number of carbonyl (C=O) groups is 2. The molecule has 102 valence electrons. The fourth-order valence-electron chi connectivity index (χ4n) is 2.56. The highest BCUT2D eigenvalue weighted by Gasteiger charge is 2.37. The van der Waals surface area contributed by atoms with E-state index >= 15 is 0 Å². The Labute approximate surface area is 108 Å². The Morgan fingerprint density at radius 3 is 2.44 bits per heavy atom. The van der Waals surface area contributed by atoms with E-state index in [2.05, 4.69) is 5.32 Å². The van der Waals surface area contributed by atoms with Gasteiger partial charge in [-0.2, -0.15) is 0 Å². The number of nitrogens with zero attached hydrogens (tertiary/aromatic N) is 1. The summed E-state index contributed by atoms with van der Waals surface area (Å²) in [5, 5.41) is 2.88. The molecule has 2 aliphatic rings. The van der Waals surface area contributed by atoms with E-state index in [9.17, 15) is 9.59 Å². The predicted octanol–water partition coefficient (Wildman–Crippen LogP) is 0.385. The van der Waals surface area contributed by atoms with Crippen LogP contribution in [0.2, 0.25) is 0 Å². The van der Waals surface area contributed by atoms with Crippen molar-refractivity contribution in [3.8, 4) is 0 Å². The maximum atomic E-state index is 12.3. The van der Waals surface area contributed by atoms with Crippen LogP contribution in [0.25, 0.3) is 0 Å². The zero-order chi connectivity index (χ0) is 13.2. The van der Waals surface area contributed by atoms with Crippen LogP contribution in [0.3, 0.4) is 0 Å². The normalized spacial score (nSPS) is 22.3. The van der Waals surface area contributed by atoms with Gasteiger partial charge in [0.15, 0.2) is 0 Å². The van der Waals surface area contributed by atoms with Crippen molar-refractivity contribution in [2.75, 3.05) is 13.6 Å². The maximum Gasteiger partial charge on any atom is 0.242 e. The number of hydrogen-bond acceptors (Lipinski definition) is 3. The lowest BCUT2D eigenvalue weighted by atomic mass is 9.81. The first kappa shape index (κ1) is 13.3. The molecule has 0 aliphatic heterocycles. The van der Waals surface area contributed by atoms with Crippen LogP contribution in [0.5, 0.6) is 0 Å². The van der Waals surface area contributed by atoms with Gasteiger partial charge in [-0.1, -0.05) is 19.3 Å². The average molecular weight is 253 g/mol. The van der Waals surface area contributed by atoms with Crippen LogP contribution in [-0.4, -0.2) is 41.9 Å². The molecule has 0 heterocycles. The summed E-state index contributed by atoms with van der Waals surface area (Å²) >= 11 is 0. The fourth-order valence-corrected chi connectivity index (χ4v) is 2.56. The van der Waals surface area contributed by atoms with Crippen LogP contribution in [0.4, 0.5) is 0 Å². The molecule has 0 atom stereocenters. The molecular formula is C13H23N3O2.